The molecule has 0 saturated carbocycles. The molecule has 2 saturated heterocycles. The zero-order valence-corrected chi connectivity index (χ0v) is 11.6. The standard InChI is InChI=1S/C16H22N2O/c1-18-12-14(13-5-3-2-4-6-13)16(11-15(18)19)7-9-17-10-8-16/h2-6,14,17H,7-12H2,1H3. The van der Waals surface area contributed by atoms with Crippen LogP contribution in [-0.4, -0.2) is 37.5 Å². The lowest BCUT2D eigenvalue weighted by Gasteiger charge is -2.49. The maximum Gasteiger partial charge on any atom is 0.222 e. The molecule has 2 heterocycles. The average Bonchev–Trinajstić information content (AvgIpc) is 2.45. The average molecular weight is 258 g/mol. The van der Waals surface area contributed by atoms with Crippen molar-refractivity contribution < 1.29 is 4.79 Å². The Labute approximate surface area is 115 Å². The fourth-order valence-electron chi connectivity index (χ4n) is 3.72. The third-order valence-electron chi connectivity index (χ3n) is 4.93. The lowest BCUT2D eigenvalue weighted by atomic mass is 9.62. The minimum Gasteiger partial charge on any atom is -0.345 e. The number of nitrogens with one attached hydrogen (secondary N) is 1. The fourth-order valence-corrected chi connectivity index (χ4v) is 3.72. The molecule has 3 rings (SSSR count). The first kappa shape index (κ1) is 12.7. The number of piperidine rings is 2. The topological polar surface area (TPSA) is 32.3 Å². The summed E-state index contributed by atoms with van der Waals surface area (Å²) < 4.78 is 0. The normalized spacial score (nSPS) is 26.7. The predicted molar refractivity (Wildman–Crippen MR) is 76.0 cm³/mol. The van der Waals surface area contributed by atoms with Crippen molar-refractivity contribution in [1.29, 1.82) is 0 Å². The van der Waals surface area contributed by atoms with Gasteiger partial charge in [0.2, 0.25) is 5.91 Å². The van der Waals surface area contributed by atoms with E-state index in [1.54, 1.807) is 0 Å². The summed E-state index contributed by atoms with van der Waals surface area (Å²) in [5.41, 5.74) is 1.57. The minimum atomic E-state index is 0.177. The number of carbonyl (C=O) groups excluding carboxylic acids is 1. The smallest absolute Gasteiger partial charge is 0.222 e. The molecule has 0 aromatic heterocycles. The molecule has 19 heavy (non-hydrogen) atoms. The minimum absolute atomic E-state index is 0.177. The molecular formula is C16H22N2O. The van der Waals surface area contributed by atoms with Gasteiger partial charge in [-0.1, -0.05) is 30.3 Å². The van der Waals surface area contributed by atoms with Crippen molar-refractivity contribution in [3.8, 4) is 0 Å². The van der Waals surface area contributed by atoms with Gasteiger partial charge in [0, 0.05) is 25.9 Å². The highest BCUT2D eigenvalue weighted by molar-refractivity contribution is 5.78. The van der Waals surface area contributed by atoms with E-state index in [9.17, 15) is 4.79 Å². The molecule has 0 aliphatic carbocycles. The zero-order chi connectivity index (χ0) is 13.3. The van der Waals surface area contributed by atoms with Gasteiger partial charge in [-0.3, -0.25) is 4.79 Å². The number of rotatable bonds is 1. The van der Waals surface area contributed by atoms with E-state index in [4.69, 9.17) is 0 Å². The van der Waals surface area contributed by atoms with Crippen molar-refractivity contribution in [2.45, 2.75) is 25.2 Å². The first-order valence-electron chi connectivity index (χ1n) is 7.21. The third kappa shape index (κ3) is 2.27. The zero-order valence-electron chi connectivity index (χ0n) is 11.6. The van der Waals surface area contributed by atoms with E-state index in [1.807, 2.05) is 11.9 Å². The van der Waals surface area contributed by atoms with E-state index >= 15 is 0 Å². The van der Waals surface area contributed by atoms with E-state index in [1.165, 1.54) is 5.56 Å². The van der Waals surface area contributed by atoms with Crippen LogP contribution in [0.15, 0.2) is 30.3 Å². The Kier molecular flexibility index (Phi) is 3.31. The van der Waals surface area contributed by atoms with Gasteiger partial charge in [-0.25, -0.2) is 0 Å². The van der Waals surface area contributed by atoms with Crippen LogP contribution in [0, 0.1) is 5.41 Å². The third-order valence-corrected chi connectivity index (χ3v) is 4.93. The molecule has 3 heteroatoms. The van der Waals surface area contributed by atoms with E-state index in [0.717, 1.165) is 32.5 Å². The monoisotopic (exact) mass is 258 g/mol. The van der Waals surface area contributed by atoms with Crippen LogP contribution in [0.1, 0.15) is 30.7 Å². The molecule has 2 fully saturated rings. The van der Waals surface area contributed by atoms with Gasteiger partial charge in [-0.15, -0.1) is 0 Å². The molecule has 1 atom stereocenters. The number of likely N-dealkylation sites (tertiary alicyclic amines) is 1. The number of amides is 1. The largest absolute Gasteiger partial charge is 0.345 e. The van der Waals surface area contributed by atoms with Gasteiger partial charge in [0.05, 0.1) is 0 Å². The van der Waals surface area contributed by atoms with Gasteiger partial charge in [-0.2, -0.15) is 0 Å². The summed E-state index contributed by atoms with van der Waals surface area (Å²) in [6.07, 6.45) is 2.95. The summed E-state index contributed by atoms with van der Waals surface area (Å²) in [4.78, 5) is 14.1. The fraction of sp³-hybridized carbons (Fsp3) is 0.562. The number of nitrogens with zero attached hydrogens (tertiary/aromatic N) is 1. The van der Waals surface area contributed by atoms with Gasteiger partial charge in [0.1, 0.15) is 0 Å². The Bertz CT molecular complexity index is 451. The molecule has 0 bridgehead atoms. The van der Waals surface area contributed by atoms with E-state index in [-0.39, 0.29) is 5.41 Å². The molecule has 2 aliphatic heterocycles. The maximum atomic E-state index is 12.1. The molecule has 3 nitrogen and oxygen atoms in total. The van der Waals surface area contributed by atoms with Crippen LogP contribution in [0.2, 0.25) is 0 Å². The molecule has 1 spiro atoms. The van der Waals surface area contributed by atoms with Crippen molar-refractivity contribution in [1.82, 2.24) is 10.2 Å². The van der Waals surface area contributed by atoms with E-state index < -0.39 is 0 Å². The van der Waals surface area contributed by atoms with Crippen LogP contribution in [0.5, 0.6) is 0 Å². The summed E-state index contributed by atoms with van der Waals surface area (Å²) in [7, 11) is 1.94. The van der Waals surface area contributed by atoms with Crippen molar-refractivity contribution >= 4 is 5.91 Å². The Morgan fingerprint density at radius 3 is 2.58 bits per heavy atom. The van der Waals surface area contributed by atoms with Gasteiger partial charge < -0.3 is 10.2 Å². The second-order valence-electron chi connectivity index (χ2n) is 6.03. The second kappa shape index (κ2) is 4.97. The van der Waals surface area contributed by atoms with Gasteiger partial charge >= 0.3 is 0 Å². The Balaban J connectivity index is 1.95. The van der Waals surface area contributed by atoms with Crippen molar-refractivity contribution in [2.75, 3.05) is 26.7 Å². The molecule has 1 amide bonds. The van der Waals surface area contributed by atoms with Crippen LogP contribution in [0.25, 0.3) is 0 Å². The number of benzene rings is 1. The molecule has 1 unspecified atom stereocenters. The molecule has 1 N–H and O–H groups in total. The first-order chi connectivity index (χ1) is 9.21. The molecule has 1 aromatic carbocycles. The highest BCUT2D eigenvalue weighted by atomic mass is 16.2. The summed E-state index contributed by atoms with van der Waals surface area (Å²) in [5, 5.41) is 3.43. The van der Waals surface area contributed by atoms with Gasteiger partial charge in [-0.05, 0) is 36.9 Å². The van der Waals surface area contributed by atoms with Crippen LogP contribution in [0.3, 0.4) is 0 Å². The van der Waals surface area contributed by atoms with Crippen LogP contribution in [-0.2, 0) is 4.79 Å². The van der Waals surface area contributed by atoms with Crippen LogP contribution >= 0.6 is 0 Å². The predicted octanol–water partition coefficient (Wildman–Crippen LogP) is 2.00. The Hall–Kier alpha value is -1.35. The first-order valence-corrected chi connectivity index (χ1v) is 7.21. The lowest BCUT2D eigenvalue weighted by Crippen LogP contribution is -2.51. The Morgan fingerprint density at radius 2 is 1.89 bits per heavy atom. The summed E-state index contributed by atoms with van der Waals surface area (Å²) >= 11 is 0. The second-order valence-corrected chi connectivity index (χ2v) is 6.03. The molecule has 2 aliphatic rings. The summed E-state index contributed by atoms with van der Waals surface area (Å²) in [5.74, 6) is 0.799. The number of carbonyl (C=O) groups is 1. The molecular weight excluding hydrogens is 236 g/mol. The van der Waals surface area contributed by atoms with Crippen LogP contribution in [0.4, 0.5) is 0 Å². The highest BCUT2D eigenvalue weighted by Gasteiger charge is 2.46. The van der Waals surface area contributed by atoms with Crippen LogP contribution < -0.4 is 5.32 Å². The van der Waals surface area contributed by atoms with E-state index in [2.05, 4.69) is 35.6 Å². The summed E-state index contributed by atoms with van der Waals surface area (Å²) in [6.45, 7) is 2.95. The van der Waals surface area contributed by atoms with Gasteiger partial charge in [0.15, 0.2) is 0 Å². The quantitative estimate of drug-likeness (QED) is 0.835. The highest BCUT2D eigenvalue weighted by Crippen LogP contribution is 2.48. The molecule has 0 radical (unpaired) electrons. The van der Waals surface area contributed by atoms with Crippen molar-refractivity contribution in [2.24, 2.45) is 5.41 Å². The van der Waals surface area contributed by atoms with Gasteiger partial charge in [0.25, 0.3) is 0 Å². The maximum absolute atomic E-state index is 12.1. The number of likely N-dealkylation sites (N-methyl/N-ethyl adjacent to an activating group) is 1. The molecule has 102 valence electrons. The number of hydrogen-bond acceptors (Lipinski definition) is 2. The molecule has 1 aromatic rings. The van der Waals surface area contributed by atoms with Crippen molar-refractivity contribution in [3.63, 3.8) is 0 Å². The SMILES string of the molecule is CN1CC(c2ccccc2)C2(CCNCC2)CC1=O. The van der Waals surface area contributed by atoms with E-state index in [0.29, 0.717) is 18.2 Å². The Morgan fingerprint density at radius 1 is 1.21 bits per heavy atom. The summed E-state index contributed by atoms with van der Waals surface area (Å²) in [6, 6.07) is 10.7. The lowest BCUT2D eigenvalue weighted by molar-refractivity contribution is -0.138. The number of hydrogen-bond donors (Lipinski definition) is 1. The van der Waals surface area contributed by atoms with Crippen molar-refractivity contribution in [3.05, 3.63) is 35.9 Å².